The normalized spacial score (nSPS) is 13.7. The van der Waals surface area contributed by atoms with Crippen LogP contribution in [0.5, 0.6) is 5.75 Å². The summed E-state index contributed by atoms with van der Waals surface area (Å²) in [5.74, 6) is -2.57. The number of ether oxygens (including phenoxy) is 1. The van der Waals surface area contributed by atoms with Crippen molar-refractivity contribution in [2.24, 2.45) is 0 Å². The Balaban J connectivity index is 1.78. The highest BCUT2D eigenvalue weighted by Gasteiger charge is 2.41. The van der Waals surface area contributed by atoms with Crippen LogP contribution < -0.4 is 15.0 Å². The number of anilines is 2. The standard InChI is InChI=1S/C25H20F2N2O3/c1-3-32-19-11-9-18(10-12-19)28-23-22(16-6-4-15(2)5-7-16)24(30)29(25(23)31)21-13-8-17(26)14-20(21)27/h4-14,28H,3H2,1-2H3. The van der Waals surface area contributed by atoms with E-state index in [1.165, 1.54) is 0 Å². The fourth-order valence-corrected chi connectivity index (χ4v) is 3.46. The molecule has 3 aromatic rings. The molecule has 1 aliphatic heterocycles. The minimum atomic E-state index is -1.00. The minimum absolute atomic E-state index is 0.00624. The minimum Gasteiger partial charge on any atom is -0.494 e. The number of amides is 2. The summed E-state index contributed by atoms with van der Waals surface area (Å²) in [7, 11) is 0. The van der Waals surface area contributed by atoms with Crippen LogP contribution in [0.4, 0.5) is 20.2 Å². The van der Waals surface area contributed by atoms with Crippen molar-refractivity contribution in [2.45, 2.75) is 13.8 Å². The number of nitrogens with zero attached hydrogens (tertiary/aromatic N) is 1. The first-order chi connectivity index (χ1) is 15.4. The summed E-state index contributed by atoms with van der Waals surface area (Å²) in [5.41, 5.74) is 1.84. The first kappa shape index (κ1) is 21.2. The highest BCUT2D eigenvalue weighted by molar-refractivity contribution is 6.46. The van der Waals surface area contributed by atoms with Gasteiger partial charge in [-0.15, -0.1) is 0 Å². The molecule has 3 aromatic carbocycles. The van der Waals surface area contributed by atoms with Gasteiger partial charge in [0.05, 0.1) is 17.9 Å². The molecule has 1 heterocycles. The summed E-state index contributed by atoms with van der Waals surface area (Å²) in [6.07, 6.45) is 0. The molecule has 0 radical (unpaired) electrons. The predicted octanol–water partition coefficient (Wildman–Crippen LogP) is 5.07. The molecule has 0 fully saturated rings. The number of carbonyl (C=O) groups excluding carboxylic acids is 2. The number of rotatable bonds is 6. The van der Waals surface area contributed by atoms with Crippen LogP contribution in [0.15, 0.2) is 72.4 Å². The monoisotopic (exact) mass is 434 g/mol. The van der Waals surface area contributed by atoms with Gasteiger partial charge >= 0.3 is 0 Å². The average molecular weight is 434 g/mol. The van der Waals surface area contributed by atoms with Gasteiger partial charge in [-0.25, -0.2) is 13.7 Å². The van der Waals surface area contributed by atoms with Crippen molar-refractivity contribution in [1.82, 2.24) is 0 Å². The van der Waals surface area contributed by atoms with Crippen LogP contribution in [0.3, 0.4) is 0 Å². The summed E-state index contributed by atoms with van der Waals surface area (Å²) in [6.45, 7) is 4.29. The molecule has 0 aliphatic carbocycles. The Morgan fingerprint density at radius 2 is 1.59 bits per heavy atom. The van der Waals surface area contributed by atoms with Crippen molar-refractivity contribution < 1.29 is 23.1 Å². The molecule has 0 unspecified atom stereocenters. The van der Waals surface area contributed by atoms with E-state index in [1.807, 2.05) is 26.0 Å². The number of carbonyl (C=O) groups is 2. The van der Waals surface area contributed by atoms with Crippen molar-refractivity contribution in [1.29, 1.82) is 0 Å². The largest absolute Gasteiger partial charge is 0.494 e. The van der Waals surface area contributed by atoms with E-state index in [9.17, 15) is 18.4 Å². The lowest BCUT2D eigenvalue weighted by Gasteiger charge is -2.16. The average Bonchev–Trinajstić information content (AvgIpc) is 3.00. The molecule has 0 saturated carbocycles. The third-order valence-electron chi connectivity index (χ3n) is 5.01. The Bertz CT molecular complexity index is 1220. The number of imide groups is 1. The fourth-order valence-electron chi connectivity index (χ4n) is 3.46. The first-order valence-corrected chi connectivity index (χ1v) is 10.0. The van der Waals surface area contributed by atoms with Crippen molar-refractivity contribution in [3.8, 4) is 5.75 Å². The van der Waals surface area contributed by atoms with Gasteiger partial charge in [0, 0.05) is 11.8 Å². The lowest BCUT2D eigenvalue weighted by Crippen LogP contribution is -2.33. The van der Waals surface area contributed by atoms with Crippen LogP contribution in [-0.2, 0) is 9.59 Å². The molecular weight excluding hydrogens is 414 g/mol. The van der Waals surface area contributed by atoms with Gasteiger partial charge in [0.15, 0.2) is 0 Å². The molecule has 162 valence electrons. The number of halogens is 2. The van der Waals surface area contributed by atoms with Crippen LogP contribution in [0.1, 0.15) is 18.1 Å². The second kappa shape index (κ2) is 8.63. The smallest absolute Gasteiger partial charge is 0.282 e. The Morgan fingerprint density at radius 1 is 0.906 bits per heavy atom. The van der Waals surface area contributed by atoms with Gasteiger partial charge < -0.3 is 10.1 Å². The molecule has 2 amide bonds. The van der Waals surface area contributed by atoms with Crippen LogP contribution in [0.2, 0.25) is 0 Å². The Labute approximate surface area is 183 Å². The second-order valence-corrected chi connectivity index (χ2v) is 7.24. The molecule has 0 bridgehead atoms. The van der Waals surface area contributed by atoms with Crippen molar-refractivity contribution in [3.63, 3.8) is 0 Å². The van der Waals surface area contributed by atoms with Gasteiger partial charge in [0.25, 0.3) is 11.8 Å². The van der Waals surface area contributed by atoms with Gasteiger partial charge in [-0.2, -0.15) is 0 Å². The van der Waals surface area contributed by atoms with Crippen LogP contribution in [0, 0.1) is 18.6 Å². The molecular formula is C25H20F2N2O3. The maximum absolute atomic E-state index is 14.5. The van der Waals surface area contributed by atoms with Crippen LogP contribution >= 0.6 is 0 Å². The highest BCUT2D eigenvalue weighted by Crippen LogP contribution is 2.35. The van der Waals surface area contributed by atoms with Crippen LogP contribution in [0.25, 0.3) is 5.57 Å². The van der Waals surface area contributed by atoms with E-state index < -0.39 is 23.4 Å². The number of aryl methyl sites for hydroxylation is 1. The molecule has 5 nitrogen and oxygen atoms in total. The van der Waals surface area contributed by atoms with Crippen LogP contribution in [-0.4, -0.2) is 18.4 Å². The van der Waals surface area contributed by atoms with Gasteiger partial charge in [0.1, 0.15) is 23.1 Å². The molecule has 0 aromatic heterocycles. The van der Waals surface area contributed by atoms with Crippen molar-refractivity contribution in [3.05, 3.63) is 95.2 Å². The maximum Gasteiger partial charge on any atom is 0.282 e. The molecule has 7 heteroatoms. The number of nitrogens with one attached hydrogen (secondary N) is 1. The van der Waals surface area contributed by atoms with E-state index in [-0.39, 0.29) is 17.0 Å². The molecule has 1 aliphatic rings. The lowest BCUT2D eigenvalue weighted by atomic mass is 10.0. The Kier molecular flexibility index (Phi) is 5.73. The summed E-state index contributed by atoms with van der Waals surface area (Å²) in [5, 5.41) is 3.00. The van der Waals surface area contributed by atoms with E-state index >= 15 is 0 Å². The van der Waals surface area contributed by atoms with Gasteiger partial charge in [0.2, 0.25) is 0 Å². The zero-order valence-corrected chi connectivity index (χ0v) is 17.5. The first-order valence-electron chi connectivity index (χ1n) is 10.0. The van der Waals surface area contributed by atoms with Gasteiger partial charge in [-0.3, -0.25) is 9.59 Å². The van der Waals surface area contributed by atoms with Crippen molar-refractivity contribution >= 4 is 28.8 Å². The van der Waals surface area contributed by atoms with E-state index in [0.717, 1.165) is 22.6 Å². The van der Waals surface area contributed by atoms with E-state index in [1.54, 1.807) is 36.4 Å². The zero-order valence-electron chi connectivity index (χ0n) is 17.5. The Hall–Kier alpha value is -4.00. The zero-order chi connectivity index (χ0) is 22.8. The summed E-state index contributed by atoms with van der Waals surface area (Å²) >= 11 is 0. The SMILES string of the molecule is CCOc1ccc(NC2=C(c3ccc(C)cc3)C(=O)N(c3ccc(F)cc3F)C2=O)cc1. The third kappa shape index (κ3) is 3.97. The van der Waals surface area contributed by atoms with Gasteiger partial charge in [-0.1, -0.05) is 29.8 Å². The number of hydrogen-bond acceptors (Lipinski definition) is 4. The van der Waals surface area contributed by atoms with Crippen molar-refractivity contribution in [2.75, 3.05) is 16.8 Å². The predicted molar refractivity (Wildman–Crippen MR) is 118 cm³/mol. The Morgan fingerprint density at radius 3 is 2.22 bits per heavy atom. The van der Waals surface area contributed by atoms with Gasteiger partial charge in [-0.05, 0) is 55.8 Å². The summed E-state index contributed by atoms with van der Waals surface area (Å²) in [4.78, 5) is 27.3. The molecule has 0 spiro atoms. The summed E-state index contributed by atoms with van der Waals surface area (Å²) < 4.78 is 33.3. The lowest BCUT2D eigenvalue weighted by molar-refractivity contribution is -0.120. The van der Waals surface area contributed by atoms with E-state index in [2.05, 4.69) is 5.32 Å². The molecule has 0 atom stereocenters. The molecule has 1 N–H and O–H groups in total. The third-order valence-corrected chi connectivity index (χ3v) is 5.01. The fraction of sp³-hybridized carbons (Fsp3) is 0.120. The van der Waals surface area contributed by atoms with E-state index in [4.69, 9.17) is 4.74 Å². The highest BCUT2D eigenvalue weighted by atomic mass is 19.1. The molecule has 32 heavy (non-hydrogen) atoms. The second-order valence-electron chi connectivity index (χ2n) is 7.24. The van der Waals surface area contributed by atoms with E-state index in [0.29, 0.717) is 29.7 Å². The molecule has 0 saturated heterocycles. The number of benzene rings is 3. The molecule has 4 rings (SSSR count). The maximum atomic E-state index is 14.5. The topological polar surface area (TPSA) is 58.6 Å². The number of hydrogen-bond donors (Lipinski definition) is 1. The summed E-state index contributed by atoms with van der Waals surface area (Å²) in [6, 6.07) is 16.7. The quantitative estimate of drug-likeness (QED) is 0.551.